The number of aromatic nitrogens is 1. The number of aryl methyl sites for hydroxylation is 2. The van der Waals surface area contributed by atoms with Gasteiger partial charge in [-0.2, -0.15) is 4.31 Å². The molecule has 1 unspecified atom stereocenters. The van der Waals surface area contributed by atoms with E-state index in [9.17, 15) is 13.2 Å². The fourth-order valence-electron chi connectivity index (χ4n) is 5.28. The maximum Gasteiger partial charge on any atom is 0.248 e. The van der Waals surface area contributed by atoms with Gasteiger partial charge in [0.05, 0.1) is 5.92 Å². The number of para-hydroxylation sites is 1. The molecule has 1 aliphatic heterocycles. The van der Waals surface area contributed by atoms with E-state index >= 15 is 0 Å². The van der Waals surface area contributed by atoms with Gasteiger partial charge in [0.2, 0.25) is 15.9 Å². The van der Waals surface area contributed by atoms with Crippen LogP contribution in [0.2, 0.25) is 0 Å². The number of benzene rings is 1. The number of rotatable bonds is 7. The molecule has 2 heterocycles. The minimum atomic E-state index is -3.77. The third-order valence-electron chi connectivity index (χ3n) is 7.21. The number of carbonyl (C=O) groups excluding carboxylic acids is 1. The molecule has 1 N–H and O–H groups in total. The van der Waals surface area contributed by atoms with Gasteiger partial charge in [-0.05, 0) is 58.2 Å². The van der Waals surface area contributed by atoms with Crippen molar-refractivity contribution in [3.63, 3.8) is 0 Å². The molecule has 1 amide bonds. The average molecular weight is 489 g/mol. The van der Waals surface area contributed by atoms with Crippen LogP contribution in [-0.2, 0) is 21.4 Å². The van der Waals surface area contributed by atoms with Crippen molar-refractivity contribution in [1.29, 1.82) is 0 Å². The zero-order valence-electron chi connectivity index (χ0n) is 20.4. The Morgan fingerprint density at radius 3 is 2.59 bits per heavy atom. The van der Waals surface area contributed by atoms with Crippen LogP contribution < -0.4 is 5.32 Å². The summed E-state index contributed by atoms with van der Waals surface area (Å²) in [6.45, 7) is 4.54. The fourth-order valence-corrected chi connectivity index (χ4v) is 7.10. The number of amides is 1. The predicted molar refractivity (Wildman–Crippen MR) is 131 cm³/mol. The molecule has 4 rings (SSSR count). The van der Waals surface area contributed by atoms with Gasteiger partial charge in [0.1, 0.15) is 10.6 Å². The maximum atomic E-state index is 13.2. The van der Waals surface area contributed by atoms with E-state index in [0.29, 0.717) is 31.1 Å². The third kappa shape index (κ3) is 5.37. The number of piperidine rings is 1. The molecule has 1 aromatic heterocycles. The van der Waals surface area contributed by atoms with Gasteiger partial charge in [-0.3, -0.25) is 9.69 Å². The minimum absolute atomic E-state index is 0.115. The van der Waals surface area contributed by atoms with Gasteiger partial charge in [0, 0.05) is 31.4 Å². The first-order valence-corrected chi connectivity index (χ1v) is 13.7. The normalized spacial score (nSPS) is 20.5. The topological polar surface area (TPSA) is 95.8 Å². The first-order valence-electron chi connectivity index (χ1n) is 12.3. The van der Waals surface area contributed by atoms with E-state index in [4.69, 9.17) is 4.52 Å². The van der Waals surface area contributed by atoms with Gasteiger partial charge in [-0.1, -0.05) is 42.6 Å². The summed E-state index contributed by atoms with van der Waals surface area (Å²) in [5.41, 5.74) is 2.24. The summed E-state index contributed by atoms with van der Waals surface area (Å²) >= 11 is 0. The third-order valence-corrected chi connectivity index (χ3v) is 9.32. The zero-order valence-corrected chi connectivity index (χ0v) is 21.2. The Morgan fingerprint density at radius 2 is 1.88 bits per heavy atom. The number of nitrogens with zero attached hydrogens (tertiary/aromatic N) is 3. The quantitative estimate of drug-likeness (QED) is 0.631. The highest BCUT2D eigenvalue weighted by atomic mass is 32.2. The zero-order chi connectivity index (χ0) is 24.3. The van der Waals surface area contributed by atoms with Crippen molar-refractivity contribution in [2.24, 2.45) is 5.92 Å². The SMILES string of the molecule is Cc1noc(C)c1S(=O)(=O)N1CCCC(C(=O)Nc2ccccc2CN(C)C2CCCCC2)C1. The van der Waals surface area contributed by atoms with Crippen molar-refractivity contribution in [3.05, 3.63) is 41.3 Å². The predicted octanol–water partition coefficient (Wildman–Crippen LogP) is 4.10. The van der Waals surface area contributed by atoms with E-state index in [-0.39, 0.29) is 23.1 Å². The smallest absolute Gasteiger partial charge is 0.248 e. The number of hydrogen-bond donors (Lipinski definition) is 1. The number of anilines is 1. The molecule has 1 saturated heterocycles. The summed E-state index contributed by atoms with van der Waals surface area (Å²) in [4.78, 5) is 15.7. The summed E-state index contributed by atoms with van der Waals surface area (Å²) < 4.78 is 32.9. The molecule has 0 spiro atoms. The first kappa shape index (κ1) is 24.9. The summed E-state index contributed by atoms with van der Waals surface area (Å²) in [5, 5.41) is 6.89. The van der Waals surface area contributed by atoms with Crippen LogP contribution in [0, 0.1) is 19.8 Å². The molecule has 0 radical (unpaired) electrons. The largest absolute Gasteiger partial charge is 0.360 e. The van der Waals surface area contributed by atoms with Crippen molar-refractivity contribution in [2.45, 2.75) is 76.3 Å². The molecular formula is C25H36N4O4S. The van der Waals surface area contributed by atoms with E-state index in [1.807, 2.05) is 18.2 Å². The Morgan fingerprint density at radius 1 is 1.15 bits per heavy atom. The second-order valence-corrected chi connectivity index (χ2v) is 11.6. The van der Waals surface area contributed by atoms with E-state index in [0.717, 1.165) is 17.8 Å². The van der Waals surface area contributed by atoms with Gasteiger partial charge in [0.15, 0.2) is 5.76 Å². The monoisotopic (exact) mass is 488 g/mol. The number of nitrogens with one attached hydrogen (secondary N) is 1. The van der Waals surface area contributed by atoms with Crippen LogP contribution in [0.3, 0.4) is 0 Å². The van der Waals surface area contributed by atoms with Gasteiger partial charge in [-0.15, -0.1) is 0 Å². The molecule has 0 bridgehead atoms. The van der Waals surface area contributed by atoms with Gasteiger partial charge in [0.25, 0.3) is 0 Å². The van der Waals surface area contributed by atoms with Crippen LogP contribution in [0.15, 0.2) is 33.7 Å². The standard InChI is InChI=1S/C25H36N4O4S/c1-18-24(19(2)33-27-18)34(31,32)29-15-9-11-21(17-29)25(30)26-23-14-8-7-10-20(23)16-28(3)22-12-5-4-6-13-22/h7-8,10,14,21-22H,4-6,9,11-13,15-17H2,1-3H3,(H,26,30). The molecule has 1 atom stereocenters. The lowest BCUT2D eigenvalue weighted by atomic mass is 9.94. The van der Waals surface area contributed by atoms with Crippen LogP contribution in [0.1, 0.15) is 62.0 Å². The Hall–Kier alpha value is -2.23. The first-order chi connectivity index (χ1) is 16.3. The van der Waals surface area contributed by atoms with Crippen molar-refractivity contribution >= 4 is 21.6 Å². The van der Waals surface area contributed by atoms with Crippen LogP contribution in [0.5, 0.6) is 0 Å². The lowest BCUT2D eigenvalue weighted by Crippen LogP contribution is -2.44. The lowest BCUT2D eigenvalue weighted by Gasteiger charge is -2.32. The Bertz CT molecular complexity index is 1090. The summed E-state index contributed by atoms with van der Waals surface area (Å²) in [6.07, 6.45) is 7.62. The number of hydrogen-bond acceptors (Lipinski definition) is 6. The van der Waals surface area contributed by atoms with Crippen molar-refractivity contribution < 1.29 is 17.7 Å². The Labute approximate surface area is 202 Å². The molecule has 34 heavy (non-hydrogen) atoms. The molecule has 1 saturated carbocycles. The maximum absolute atomic E-state index is 13.2. The number of carbonyl (C=O) groups is 1. The summed E-state index contributed by atoms with van der Waals surface area (Å²) in [6, 6.07) is 8.50. The minimum Gasteiger partial charge on any atom is -0.360 e. The van der Waals surface area contributed by atoms with E-state index in [2.05, 4.69) is 28.5 Å². The highest BCUT2D eigenvalue weighted by Gasteiger charge is 2.36. The lowest BCUT2D eigenvalue weighted by molar-refractivity contribution is -0.120. The van der Waals surface area contributed by atoms with Crippen molar-refractivity contribution in [2.75, 3.05) is 25.5 Å². The van der Waals surface area contributed by atoms with Crippen LogP contribution in [0.25, 0.3) is 0 Å². The average Bonchev–Trinajstić information content (AvgIpc) is 3.19. The Kier molecular flexibility index (Phi) is 7.74. The molecule has 2 aromatic rings. The molecule has 1 aromatic carbocycles. The van der Waals surface area contributed by atoms with Crippen LogP contribution >= 0.6 is 0 Å². The molecule has 2 fully saturated rings. The van der Waals surface area contributed by atoms with Crippen LogP contribution in [0.4, 0.5) is 5.69 Å². The van der Waals surface area contributed by atoms with Gasteiger partial charge >= 0.3 is 0 Å². The van der Waals surface area contributed by atoms with Crippen molar-refractivity contribution in [3.8, 4) is 0 Å². The van der Waals surface area contributed by atoms with E-state index < -0.39 is 15.9 Å². The second kappa shape index (κ2) is 10.6. The fraction of sp³-hybridized carbons (Fsp3) is 0.600. The van der Waals surface area contributed by atoms with Gasteiger partial charge in [-0.25, -0.2) is 8.42 Å². The molecule has 8 nitrogen and oxygen atoms in total. The van der Waals surface area contributed by atoms with E-state index in [1.165, 1.54) is 36.4 Å². The number of sulfonamides is 1. The summed E-state index contributed by atoms with van der Waals surface area (Å²) in [7, 11) is -1.61. The molecular weight excluding hydrogens is 452 g/mol. The van der Waals surface area contributed by atoms with Gasteiger partial charge < -0.3 is 9.84 Å². The highest BCUT2D eigenvalue weighted by Crippen LogP contribution is 2.29. The van der Waals surface area contributed by atoms with Crippen LogP contribution in [-0.4, -0.2) is 54.9 Å². The summed E-state index contributed by atoms with van der Waals surface area (Å²) in [5.74, 6) is -0.264. The second-order valence-electron chi connectivity index (χ2n) is 9.71. The molecule has 2 aliphatic rings. The Balaban J connectivity index is 1.44. The van der Waals surface area contributed by atoms with Crippen molar-refractivity contribution in [1.82, 2.24) is 14.4 Å². The molecule has 1 aliphatic carbocycles. The highest BCUT2D eigenvalue weighted by molar-refractivity contribution is 7.89. The van der Waals surface area contributed by atoms with E-state index in [1.54, 1.807) is 13.8 Å². The molecule has 186 valence electrons. The molecule has 9 heteroatoms.